The molecule has 4 amide bonds. The maximum Gasteiger partial charge on any atom is 0.322 e. The first kappa shape index (κ1) is 18.1. The molecule has 2 heterocycles. The highest BCUT2D eigenvalue weighted by Crippen LogP contribution is 2.20. The molecule has 3 N–H and O–H groups in total. The summed E-state index contributed by atoms with van der Waals surface area (Å²) < 4.78 is 0. The third kappa shape index (κ3) is 3.35. The quantitative estimate of drug-likeness (QED) is 0.640. The molecule has 0 aliphatic carbocycles. The standard InChI is InChI=1S/C17H17N7O3/c1-10(2)17(15(26)21-16(27)22-17)9-19-14(25)13-8-20-24(23-13)12-5-3-4-11(6-12)7-18/h3-6,8,10H,9H2,1-2H3,(H,19,25)(H2,21,22,26,27). The highest BCUT2D eigenvalue weighted by molar-refractivity contribution is 6.07. The van der Waals surface area contributed by atoms with Gasteiger partial charge in [0.15, 0.2) is 5.69 Å². The summed E-state index contributed by atoms with van der Waals surface area (Å²) >= 11 is 0. The zero-order valence-corrected chi connectivity index (χ0v) is 14.7. The Morgan fingerprint density at radius 1 is 1.41 bits per heavy atom. The van der Waals surface area contributed by atoms with Crippen LogP contribution >= 0.6 is 0 Å². The van der Waals surface area contributed by atoms with Crippen LogP contribution in [0, 0.1) is 17.2 Å². The first-order valence-corrected chi connectivity index (χ1v) is 8.20. The minimum Gasteiger partial charge on any atom is -0.348 e. The van der Waals surface area contributed by atoms with Crippen LogP contribution in [0.5, 0.6) is 0 Å². The van der Waals surface area contributed by atoms with E-state index in [1.54, 1.807) is 38.1 Å². The van der Waals surface area contributed by atoms with E-state index >= 15 is 0 Å². The van der Waals surface area contributed by atoms with Crippen LogP contribution in [0.1, 0.15) is 29.9 Å². The molecule has 1 aromatic carbocycles. The molecule has 138 valence electrons. The maximum absolute atomic E-state index is 12.4. The van der Waals surface area contributed by atoms with Crippen LogP contribution in [0.2, 0.25) is 0 Å². The van der Waals surface area contributed by atoms with E-state index in [1.165, 1.54) is 11.0 Å². The summed E-state index contributed by atoms with van der Waals surface area (Å²) in [5, 5.41) is 24.5. The Balaban J connectivity index is 1.74. The molecule has 1 aromatic heterocycles. The lowest BCUT2D eigenvalue weighted by Crippen LogP contribution is -2.58. The Labute approximate surface area is 154 Å². The molecule has 0 saturated carbocycles. The minimum atomic E-state index is -1.22. The van der Waals surface area contributed by atoms with Crippen LogP contribution in [-0.2, 0) is 4.79 Å². The molecule has 1 fully saturated rings. The summed E-state index contributed by atoms with van der Waals surface area (Å²) in [5.41, 5.74) is -0.197. The van der Waals surface area contributed by atoms with Gasteiger partial charge in [0, 0.05) is 0 Å². The number of hydrogen-bond donors (Lipinski definition) is 3. The van der Waals surface area contributed by atoms with Gasteiger partial charge >= 0.3 is 6.03 Å². The van der Waals surface area contributed by atoms with E-state index in [0.29, 0.717) is 11.3 Å². The van der Waals surface area contributed by atoms with Crippen LogP contribution in [-0.4, -0.2) is 44.9 Å². The van der Waals surface area contributed by atoms with Crippen molar-refractivity contribution >= 4 is 17.8 Å². The lowest BCUT2D eigenvalue weighted by atomic mass is 9.86. The van der Waals surface area contributed by atoms with Gasteiger partial charge in [-0.1, -0.05) is 19.9 Å². The molecule has 2 aromatic rings. The number of nitriles is 1. The second kappa shape index (κ2) is 6.87. The molecule has 1 aliphatic heterocycles. The average Bonchev–Trinajstić information content (AvgIpc) is 3.25. The summed E-state index contributed by atoms with van der Waals surface area (Å²) in [5.74, 6) is -1.26. The Bertz CT molecular complexity index is 959. The number of carbonyl (C=O) groups is 3. The van der Waals surface area contributed by atoms with Crippen LogP contribution < -0.4 is 16.0 Å². The Kier molecular flexibility index (Phi) is 4.60. The number of nitrogens with one attached hydrogen (secondary N) is 3. The molecule has 0 spiro atoms. The van der Waals surface area contributed by atoms with Crippen LogP contribution in [0.25, 0.3) is 5.69 Å². The van der Waals surface area contributed by atoms with Gasteiger partial charge in [-0.2, -0.15) is 15.2 Å². The fourth-order valence-corrected chi connectivity index (χ4v) is 2.74. The van der Waals surface area contributed by atoms with Gasteiger partial charge in [0.1, 0.15) is 5.54 Å². The van der Waals surface area contributed by atoms with Gasteiger partial charge in [-0.05, 0) is 24.1 Å². The van der Waals surface area contributed by atoms with Crippen molar-refractivity contribution in [1.82, 2.24) is 30.9 Å². The molecule has 1 unspecified atom stereocenters. The first-order valence-electron chi connectivity index (χ1n) is 8.20. The van der Waals surface area contributed by atoms with Crippen molar-refractivity contribution in [2.75, 3.05) is 6.54 Å². The fraction of sp³-hybridized carbons (Fsp3) is 0.294. The minimum absolute atomic E-state index is 0.0426. The number of amides is 4. The SMILES string of the molecule is CC(C)C1(CNC(=O)c2cnn(-c3cccc(C#N)c3)n2)NC(=O)NC1=O. The molecule has 0 radical (unpaired) electrons. The van der Waals surface area contributed by atoms with Gasteiger partial charge in [-0.3, -0.25) is 14.9 Å². The number of aromatic nitrogens is 3. The molecule has 27 heavy (non-hydrogen) atoms. The molecular formula is C17H17N7O3. The average molecular weight is 367 g/mol. The van der Waals surface area contributed by atoms with E-state index in [9.17, 15) is 14.4 Å². The van der Waals surface area contributed by atoms with Crippen molar-refractivity contribution in [3.05, 3.63) is 41.7 Å². The summed E-state index contributed by atoms with van der Waals surface area (Å²) in [6.07, 6.45) is 1.28. The van der Waals surface area contributed by atoms with E-state index in [4.69, 9.17) is 5.26 Å². The Hall–Kier alpha value is -3.74. The predicted molar refractivity (Wildman–Crippen MR) is 92.7 cm³/mol. The number of benzene rings is 1. The molecule has 1 aliphatic rings. The second-order valence-electron chi connectivity index (χ2n) is 6.40. The van der Waals surface area contributed by atoms with Gasteiger partial charge < -0.3 is 10.6 Å². The zero-order chi connectivity index (χ0) is 19.6. The fourth-order valence-electron chi connectivity index (χ4n) is 2.74. The second-order valence-corrected chi connectivity index (χ2v) is 6.40. The summed E-state index contributed by atoms with van der Waals surface area (Å²) in [4.78, 5) is 37.3. The number of urea groups is 1. The molecule has 10 heteroatoms. The highest BCUT2D eigenvalue weighted by atomic mass is 16.2. The predicted octanol–water partition coefficient (Wildman–Crippen LogP) is 0.103. The lowest BCUT2D eigenvalue weighted by molar-refractivity contribution is -0.125. The lowest BCUT2D eigenvalue weighted by Gasteiger charge is -2.30. The van der Waals surface area contributed by atoms with Crippen LogP contribution in [0.15, 0.2) is 30.5 Å². The zero-order valence-electron chi connectivity index (χ0n) is 14.7. The Morgan fingerprint density at radius 3 is 2.81 bits per heavy atom. The maximum atomic E-state index is 12.4. The molecule has 1 saturated heterocycles. The molecule has 10 nitrogen and oxygen atoms in total. The van der Waals surface area contributed by atoms with E-state index in [-0.39, 0.29) is 18.2 Å². The number of rotatable bonds is 5. The molecular weight excluding hydrogens is 350 g/mol. The van der Waals surface area contributed by atoms with Crippen LogP contribution in [0.3, 0.4) is 0 Å². The number of imide groups is 1. The topological polar surface area (TPSA) is 142 Å². The van der Waals surface area contributed by atoms with Crippen LogP contribution in [0.4, 0.5) is 4.79 Å². The van der Waals surface area contributed by atoms with Gasteiger partial charge in [0.2, 0.25) is 0 Å². The molecule has 1 atom stereocenters. The van der Waals surface area contributed by atoms with Crippen molar-refractivity contribution in [2.45, 2.75) is 19.4 Å². The number of hydrogen-bond acceptors (Lipinski definition) is 6. The van der Waals surface area contributed by atoms with Gasteiger partial charge in [-0.15, -0.1) is 5.10 Å². The summed E-state index contributed by atoms with van der Waals surface area (Å²) in [7, 11) is 0. The molecule has 0 bridgehead atoms. The third-order valence-corrected chi connectivity index (χ3v) is 4.41. The van der Waals surface area contributed by atoms with Gasteiger partial charge in [0.05, 0.1) is 30.1 Å². The number of carbonyl (C=O) groups excluding carboxylic acids is 3. The largest absolute Gasteiger partial charge is 0.348 e. The first-order chi connectivity index (χ1) is 12.9. The summed E-state index contributed by atoms with van der Waals surface area (Å²) in [6.45, 7) is 3.46. The van der Waals surface area contributed by atoms with Crippen molar-refractivity contribution in [3.63, 3.8) is 0 Å². The van der Waals surface area contributed by atoms with Crippen molar-refractivity contribution in [3.8, 4) is 11.8 Å². The normalized spacial score (nSPS) is 18.7. The van der Waals surface area contributed by atoms with E-state index in [0.717, 1.165) is 0 Å². The van der Waals surface area contributed by atoms with Crippen molar-refractivity contribution in [2.24, 2.45) is 5.92 Å². The highest BCUT2D eigenvalue weighted by Gasteiger charge is 2.48. The van der Waals surface area contributed by atoms with Gasteiger partial charge in [0.25, 0.3) is 11.8 Å². The van der Waals surface area contributed by atoms with Crippen molar-refractivity contribution in [1.29, 1.82) is 5.26 Å². The Morgan fingerprint density at radius 2 is 2.19 bits per heavy atom. The van der Waals surface area contributed by atoms with E-state index < -0.39 is 23.4 Å². The molecule has 3 rings (SSSR count). The summed E-state index contributed by atoms with van der Waals surface area (Å²) in [6, 6.07) is 8.05. The monoisotopic (exact) mass is 367 g/mol. The number of nitrogens with zero attached hydrogens (tertiary/aromatic N) is 4. The van der Waals surface area contributed by atoms with Crippen molar-refractivity contribution < 1.29 is 14.4 Å². The third-order valence-electron chi connectivity index (χ3n) is 4.41. The smallest absolute Gasteiger partial charge is 0.322 e. The van der Waals surface area contributed by atoms with Gasteiger partial charge in [-0.25, -0.2) is 4.79 Å². The van der Waals surface area contributed by atoms with E-state index in [1.807, 2.05) is 6.07 Å². The van der Waals surface area contributed by atoms with E-state index in [2.05, 4.69) is 26.1 Å².